The van der Waals surface area contributed by atoms with Gasteiger partial charge in [0, 0.05) is 53.8 Å². The molecule has 0 amide bonds. The lowest BCUT2D eigenvalue weighted by atomic mass is 10.0. The highest BCUT2D eigenvalue weighted by Crippen LogP contribution is 2.45. The highest BCUT2D eigenvalue weighted by molar-refractivity contribution is 7.26. The van der Waals surface area contributed by atoms with E-state index in [1.807, 2.05) is 42.5 Å². The molecule has 57 heavy (non-hydrogen) atoms. The van der Waals surface area contributed by atoms with Crippen molar-refractivity contribution in [1.82, 2.24) is 24.1 Å². The maximum atomic E-state index is 8.85. The van der Waals surface area contributed by atoms with Crippen molar-refractivity contribution in [2.75, 3.05) is 0 Å². The van der Waals surface area contributed by atoms with Crippen molar-refractivity contribution in [2.45, 2.75) is 0 Å². The fourth-order valence-electron chi connectivity index (χ4n) is 8.09. The van der Waals surface area contributed by atoms with E-state index in [-0.39, 0.29) is 28.7 Å². The zero-order chi connectivity index (χ0) is 46.2. The van der Waals surface area contributed by atoms with Crippen molar-refractivity contribution in [3.05, 3.63) is 188 Å². The highest BCUT2D eigenvalue weighted by Gasteiger charge is 2.22. The molecule has 0 radical (unpaired) electrons. The second-order valence-corrected chi connectivity index (χ2v) is 14.8. The Bertz CT molecular complexity index is 3980. The Morgan fingerprint density at radius 3 is 1.75 bits per heavy atom. The molecule has 0 N–H and O–H groups in total. The number of fused-ring (bicyclic) bond motifs is 10. The van der Waals surface area contributed by atoms with Crippen LogP contribution in [0.15, 0.2) is 188 Å². The van der Waals surface area contributed by atoms with E-state index in [4.69, 9.17) is 23.7 Å². The molecule has 0 atom stereocenters. The third-order valence-electron chi connectivity index (χ3n) is 10.5. The summed E-state index contributed by atoms with van der Waals surface area (Å²) in [6.07, 6.45) is 0. The van der Waals surface area contributed by atoms with Crippen molar-refractivity contribution in [3.8, 4) is 45.5 Å². The Morgan fingerprint density at radius 1 is 0.421 bits per heavy atom. The van der Waals surface area contributed by atoms with E-state index in [0.29, 0.717) is 11.0 Å². The van der Waals surface area contributed by atoms with Crippen LogP contribution in [-0.2, 0) is 0 Å². The summed E-state index contributed by atoms with van der Waals surface area (Å²) in [5.74, 6) is -0.709. The topological polar surface area (TPSA) is 48.5 Å². The van der Waals surface area contributed by atoms with Crippen molar-refractivity contribution in [2.24, 2.45) is 0 Å². The molecule has 4 aromatic heterocycles. The molecule has 0 bridgehead atoms. The van der Waals surface area contributed by atoms with Gasteiger partial charge in [-0.3, -0.25) is 4.57 Å². The molecule has 12 aromatic rings. The monoisotopic (exact) mass is 755 g/mol. The van der Waals surface area contributed by atoms with Crippen LogP contribution >= 0.6 is 11.3 Å². The Labute approximate surface area is 345 Å². The van der Waals surface area contributed by atoms with Gasteiger partial charge in [-0.15, -0.1) is 11.3 Å². The van der Waals surface area contributed by atoms with Crippen LogP contribution in [0, 0.1) is 0 Å². The molecule has 0 aliphatic rings. The van der Waals surface area contributed by atoms with Gasteiger partial charge in [-0.2, -0.15) is 9.97 Å². The average molecular weight is 756 g/mol. The summed E-state index contributed by atoms with van der Waals surface area (Å²) in [5, 5.41) is 6.05. The first-order valence-electron chi connectivity index (χ1n) is 23.3. The first-order chi connectivity index (χ1) is 32.4. The van der Waals surface area contributed by atoms with Gasteiger partial charge < -0.3 is 4.57 Å². The largest absolute Gasteiger partial charge is 0.308 e. The molecule has 5 nitrogen and oxygen atoms in total. The minimum atomic E-state index is -0.608. The molecule has 0 spiro atoms. The predicted molar refractivity (Wildman–Crippen MR) is 238 cm³/mol. The van der Waals surface area contributed by atoms with Crippen LogP contribution in [0.2, 0.25) is 0 Å². The summed E-state index contributed by atoms with van der Waals surface area (Å²) in [4.78, 5) is 14.1. The summed E-state index contributed by atoms with van der Waals surface area (Å²) in [5.41, 5.74) is 6.10. The van der Waals surface area contributed by atoms with Crippen molar-refractivity contribution < 1.29 is 13.7 Å². The van der Waals surface area contributed by atoms with Crippen LogP contribution in [0.5, 0.6) is 0 Å². The van der Waals surface area contributed by atoms with Crippen LogP contribution in [0.25, 0.3) is 109 Å². The summed E-state index contributed by atoms with van der Waals surface area (Å²) in [6, 6.07) is 37.7. The quantitative estimate of drug-likeness (QED) is 0.176. The van der Waals surface area contributed by atoms with Gasteiger partial charge in [0.25, 0.3) is 0 Å². The number of thiophene rings is 1. The van der Waals surface area contributed by atoms with Crippen LogP contribution in [0.4, 0.5) is 0 Å². The summed E-state index contributed by atoms with van der Waals surface area (Å²) in [6.45, 7) is 0. The number of hydrogen-bond acceptors (Lipinski definition) is 4. The summed E-state index contributed by atoms with van der Waals surface area (Å²) < 4.78 is 91.9. The van der Waals surface area contributed by atoms with Crippen molar-refractivity contribution >= 4 is 75.1 Å². The zero-order valence-electron chi connectivity index (χ0n) is 39.8. The summed E-state index contributed by atoms with van der Waals surface area (Å²) >= 11 is 1.66. The van der Waals surface area contributed by atoms with E-state index in [1.165, 1.54) is 0 Å². The van der Waals surface area contributed by atoms with Gasteiger partial charge in [0.15, 0.2) is 11.6 Å². The van der Waals surface area contributed by atoms with Gasteiger partial charge in [0.05, 0.1) is 40.5 Å². The maximum absolute atomic E-state index is 8.85. The van der Waals surface area contributed by atoms with Crippen molar-refractivity contribution in [3.63, 3.8) is 0 Å². The van der Waals surface area contributed by atoms with E-state index < -0.39 is 60.4 Å². The number of rotatable bonds is 5. The Balaban J connectivity index is 1.16. The van der Waals surface area contributed by atoms with E-state index in [9.17, 15) is 0 Å². The fraction of sp³-hybridized carbons (Fsp3) is 0. The van der Waals surface area contributed by atoms with Crippen molar-refractivity contribution in [1.29, 1.82) is 0 Å². The number of benzene rings is 8. The third kappa shape index (κ3) is 4.98. The lowest BCUT2D eigenvalue weighted by Crippen LogP contribution is -2.06. The molecule has 0 saturated heterocycles. The second kappa shape index (κ2) is 12.6. The first-order valence-corrected chi connectivity index (χ1v) is 19.1. The zero-order valence-corrected chi connectivity index (χ0v) is 30.6. The Morgan fingerprint density at radius 2 is 1.04 bits per heavy atom. The fourth-order valence-corrected chi connectivity index (χ4v) is 9.35. The number of nitrogens with zero attached hydrogens (tertiary/aromatic N) is 5. The molecule has 0 aliphatic heterocycles. The van der Waals surface area contributed by atoms with Gasteiger partial charge in [0.2, 0.25) is 5.95 Å². The number of hydrogen-bond donors (Lipinski definition) is 0. The highest BCUT2D eigenvalue weighted by atomic mass is 32.1. The molecule has 266 valence electrons. The smallest absolute Gasteiger partial charge is 0.238 e. The first kappa shape index (κ1) is 23.5. The molecular formula is C51H31N5S. The molecule has 0 saturated carbocycles. The van der Waals surface area contributed by atoms with Gasteiger partial charge in [0.1, 0.15) is 0 Å². The standard InChI is InChI=1S/C51H31N5S/c1-4-15-32(16-5-1)35-21-14-22-36(29-35)55-43-25-12-10-23-37(43)39-27-28-40-42-30-41-38-24-11-13-26-44(38)56(45(41)31-46(42)57-48(40)47(39)55)51-53-49(33-17-6-2-7-18-33)52-50(54-51)34-19-8-3-9-20-34/h1-31H/i2D,3D,6D,7D,8D,9D,17D,18D,19D,20D. The molecular weight excluding hydrogens is 715 g/mol. The number of aromatic nitrogens is 5. The van der Waals surface area contributed by atoms with Crippen LogP contribution in [-0.4, -0.2) is 24.1 Å². The van der Waals surface area contributed by atoms with Crippen LogP contribution in [0.1, 0.15) is 13.7 Å². The maximum Gasteiger partial charge on any atom is 0.238 e. The average Bonchev–Trinajstić information content (AvgIpc) is 4.01. The van der Waals surface area contributed by atoms with Gasteiger partial charge in [-0.05, 0) is 47.5 Å². The molecule has 0 unspecified atom stereocenters. The van der Waals surface area contributed by atoms with Gasteiger partial charge in [-0.25, -0.2) is 4.98 Å². The molecule has 8 aromatic carbocycles. The third-order valence-corrected chi connectivity index (χ3v) is 11.7. The SMILES string of the molecule is [2H]c1c([2H])c([2H])c(-c2nc(-c3c([2H])c([2H])c([2H])c([2H])c3[2H])nc(-n3c4ccccc4c4cc5c(cc43)sc3c5ccc4c5ccccc5n(-c5cccc(-c6ccccc6)c5)c43)n2)c([2H])c1[2H]. The van der Waals surface area contributed by atoms with E-state index in [1.54, 1.807) is 15.9 Å². The molecule has 4 heterocycles. The minimum Gasteiger partial charge on any atom is -0.308 e. The van der Waals surface area contributed by atoms with E-state index >= 15 is 0 Å². The van der Waals surface area contributed by atoms with E-state index in [0.717, 1.165) is 69.6 Å². The lowest BCUT2D eigenvalue weighted by Gasteiger charge is -2.11. The van der Waals surface area contributed by atoms with E-state index in [2.05, 4.69) is 94.5 Å². The molecule has 0 fully saturated rings. The lowest BCUT2D eigenvalue weighted by molar-refractivity contribution is 0.954. The van der Waals surface area contributed by atoms with Gasteiger partial charge >= 0.3 is 0 Å². The van der Waals surface area contributed by atoms with Crippen LogP contribution < -0.4 is 0 Å². The van der Waals surface area contributed by atoms with Gasteiger partial charge in [-0.1, -0.05) is 151 Å². The minimum absolute atomic E-state index is 0.0499. The Kier molecular flexibility index (Phi) is 5.18. The summed E-state index contributed by atoms with van der Waals surface area (Å²) in [7, 11) is 0. The Hall–Kier alpha value is -7.41. The normalized spacial score (nSPS) is 14.3. The van der Waals surface area contributed by atoms with Crippen LogP contribution in [0.3, 0.4) is 0 Å². The molecule has 6 heteroatoms. The molecule has 12 rings (SSSR count). The number of para-hydroxylation sites is 2. The second-order valence-electron chi connectivity index (χ2n) is 13.7. The molecule has 0 aliphatic carbocycles. The predicted octanol–water partition coefficient (Wildman–Crippen LogP) is 13.4.